The molecule has 0 bridgehead atoms. The van der Waals surface area contributed by atoms with Gasteiger partial charge in [-0.25, -0.2) is 0 Å². The quantitative estimate of drug-likeness (QED) is 0.102. The standard InChI is InChI=1S/C28H56N6S/c1-5-9-11-13-15-16-17-18-20-22-29-26-31-27(30-23-24-34(7-3)8-4)33-28(32-26)35-25-21-19-14-12-10-6-2/h5-25H2,1-4H3,(H2,29,30,31,32,33). The van der Waals surface area contributed by atoms with Gasteiger partial charge in [0.2, 0.25) is 11.9 Å². The Morgan fingerprint density at radius 2 is 1.06 bits per heavy atom. The Morgan fingerprint density at radius 3 is 1.60 bits per heavy atom. The summed E-state index contributed by atoms with van der Waals surface area (Å²) in [6.45, 7) is 13.9. The lowest BCUT2D eigenvalue weighted by Crippen LogP contribution is -2.29. The molecule has 0 saturated heterocycles. The third kappa shape index (κ3) is 17.9. The number of likely N-dealkylation sites (N-methyl/N-ethyl adjacent to an activating group) is 1. The molecule has 1 heterocycles. The number of rotatable bonds is 25. The summed E-state index contributed by atoms with van der Waals surface area (Å²) >= 11 is 1.77. The second-order valence-corrected chi connectivity index (χ2v) is 10.7. The van der Waals surface area contributed by atoms with E-state index in [9.17, 15) is 0 Å². The predicted octanol–water partition coefficient (Wildman–Crippen LogP) is 8.02. The maximum Gasteiger partial charge on any atom is 0.228 e. The summed E-state index contributed by atoms with van der Waals surface area (Å²) in [6.07, 6.45) is 20.0. The lowest BCUT2D eigenvalue weighted by molar-refractivity contribution is 0.315. The zero-order valence-electron chi connectivity index (χ0n) is 23.5. The molecule has 0 aromatic carbocycles. The smallest absolute Gasteiger partial charge is 0.228 e. The van der Waals surface area contributed by atoms with Gasteiger partial charge in [0, 0.05) is 25.4 Å². The fourth-order valence-corrected chi connectivity index (χ4v) is 4.96. The van der Waals surface area contributed by atoms with Gasteiger partial charge in [-0.3, -0.25) is 0 Å². The van der Waals surface area contributed by atoms with Crippen LogP contribution in [0.2, 0.25) is 0 Å². The predicted molar refractivity (Wildman–Crippen MR) is 156 cm³/mol. The van der Waals surface area contributed by atoms with Crippen molar-refractivity contribution in [2.45, 2.75) is 129 Å². The molecule has 2 N–H and O–H groups in total. The van der Waals surface area contributed by atoms with Crippen LogP contribution in [-0.2, 0) is 0 Å². The Balaban J connectivity index is 2.44. The zero-order valence-corrected chi connectivity index (χ0v) is 24.4. The lowest BCUT2D eigenvalue weighted by Gasteiger charge is -2.18. The monoisotopic (exact) mass is 508 g/mol. The molecule has 1 rings (SSSR count). The van der Waals surface area contributed by atoms with Crippen molar-refractivity contribution in [2.75, 3.05) is 49.1 Å². The summed E-state index contributed by atoms with van der Waals surface area (Å²) in [6, 6.07) is 0. The van der Waals surface area contributed by atoms with Crippen LogP contribution in [0.1, 0.15) is 124 Å². The van der Waals surface area contributed by atoms with Gasteiger partial charge in [0.05, 0.1) is 0 Å². The van der Waals surface area contributed by atoms with Crippen molar-refractivity contribution < 1.29 is 0 Å². The van der Waals surface area contributed by atoms with Gasteiger partial charge in [-0.15, -0.1) is 0 Å². The summed E-state index contributed by atoms with van der Waals surface area (Å²) in [7, 11) is 0. The van der Waals surface area contributed by atoms with E-state index in [0.29, 0.717) is 5.95 Å². The fourth-order valence-electron chi connectivity index (χ4n) is 4.13. The Kier molecular flexibility index (Phi) is 21.3. The Hall–Kier alpha value is -1.08. The third-order valence-corrected chi connectivity index (χ3v) is 7.45. The maximum atomic E-state index is 4.71. The molecule has 0 atom stereocenters. The minimum Gasteiger partial charge on any atom is -0.354 e. The van der Waals surface area contributed by atoms with E-state index in [1.165, 1.54) is 96.3 Å². The van der Waals surface area contributed by atoms with Crippen LogP contribution in [0.3, 0.4) is 0 Å². The number of anilines is 2. The van der Waals surface area contributed by atoms with Gasteiger partial charge in [0.25, 0.3) is 0 Å². The van der Waals surface area contributed by atoms with Gasteiger partial charge in [-0.1, -0.05) is 123 Å². The molecule has 0 aliphatic rings. The van der Waals surface area contributed by atoms with Crippen molar-refractivity contribution in [3.05, 3.63) is 0 Å². The number of thioether (sulfide) groups is 1. The van der Waals surface area contributed by atoms with Crippen molar-refractivity contribution in [3.63, 3.8) is 0 Å². The molecule has 1 aromatic heterocycles. The minimum absolute atomic E-state index is 0.701. The second-order valence-electron chi connectivity index (χ2n) is 9.59. The SMILES string of the molecule is CCCCCCCCCCCNc1nc(NCCN(CC)CC)nc(SCCCCCCCC)n1. The van der Waals surface area contributed by atoms with Crippen LogP contribution in [0.15, 0.2) is 5.16 Å². The lowest BCUT2D eigenvalue weighted by atomic mass is 10.1. The van der Waals surface area contributed by atoms with Crippen molar-refractivity contribution in [2.24, 2.45) is 0 Å². The molecular weight excluding hydrogens is 452 g/mol. The molecule has 0 amide bonds. The third-order valence-electron chi connectivity index (χ3n) is 6.51. The van der Waals surface area contributed by atoms with Crippen LogP contribution in [-0.4, -0.2) is 58.3 Å². The molecule has 0 spiro atoms. The molecule has 7 heteroatoms. The van der Waals surface area contributed by atoms with Crippen LogP contribution in [0.25, 0.3) is 0 Å². The largest absolute Gasteiger partial charge is 0.354 e. The molecule has 1 aromatic rings. The van der Waals surface area contributed by atoms with Crippen molar-refractivity contribution in [1.29, 1.82) is 0 Å². The highest BCUT2D eigenvalue weighted by molar-refractivity contribution is 7.99. The van der Waals surface area contributed by atoms with E-state index < -0.39 is 0 Å². The van der Waals surface area contributed by atoms with Crippen molar-refractivity contribution in [1.82, 2.24) is 19.9 Å². The maximum absolute atomic E-state index is 4.71. The fraction of sp³-hybridized carbons (Fsp3) is 0.893. The molecule has 6 nitrogen and oxygen atoms in total. The van der Waals surface area contributed by atoms with Gasteiger partial charge in [0.15, 0.2) is 5.16 Å². The van der Waals surface area contributed by atoms with Crippen LogP contribution in [0.4, 0.5) is 11.9 Å². The summed E-state index contributed by atoms with van der Waals surface area (Å²) in [5.74, 6) is 2.50. The highest BCUT2D eigenvalue weighted by atomic mass is 32.2. The highest BCUT2D eigenvalue weighted by Crippen LogP contribution is 2.19. The number of nitrogens with zero attached hydrogens (tertiary/aromatic N) is 4. The second kappa shape index (κ2) is 23.3. The molecule has 0 aliphatic carbocycles. The van der Waals surface area contributed by atoms with E-state index >= 15 is 0 Å². The van der Waals surface area contributed by atoms with E-state index in [0.717, 1.165) is 49.6 Å². The van der Waals surface area contributed by atoms with E-state index in [1.807, 2.05) is 0 Å². The van der Waals surface area contributed by atoms with Gasteiger partial charge < -0.3 is 15.5 Å². The van der Waals surface area contributed by atoms with Crippen molar-refractivity contribution >= 4 is 23.7 Å². The number of unbranched alkanes of at least 4 members (excludes halogenated alkanes) is 13. The first-order valence-electron chi connectivity index (χ1n) is 14.8. The molecule has 0 radical (unpaired) electrons. The summed E-state index contributed by atoms with van der Waals surface area (Å²) in [5, 5.41) is 7.74. The summed E-state index contributed by atoms with van der Waals surface area (Å²) in [4.78, 5) is 16.5. The number of aromatic nitrogens is 3. The van der Waals surface area contributed by atoms with E-state index in [-0.39, 0.29) is 0 Å². The highest BCUT2D eigenvalue weighted by Gasteiger charge is 2.08. The van der Waals surface area contributed by atoms with E-state index in [1.54, 1.807) is 11.8 Å². The van der Waals surface area contributed by atoms with Crippen LogP contribution >= 0.6 is 11.8 Å². The summed E-state index contributed by atoms with van der Waals surface area (Å²) < 4.78 is 0. The van der Waals surface area contributed by atoms with Gasteiger partial charge >= 0.3 is 0 Å². The van der Waals surface area contributed by atoms with Crippen LogP contribution < -0.4 is 10.6 Å². The average molecular weight is 509 g/mol. The van der Waals surface area contributed by atoms with E-state index in [4.69, 9.17) is 9.97 Å². The van der Waals surface area contributed by atoms with Crippen molar-refractivity contribution in [3.8, 4) is 0 Å². The Morgan fingerprint density at radius 1 is 0.571 bits per heavy atom. The van der Waals surface area contributed by atoms with Crippen LogP contribution in [0, 0.1) is 0 Å². The number of nitrogens with one attached hydrogen (secondary N) is 2. The molecule has 204 valence electrons. The van der Waals surface area contributed by atoms with Gasteiger partial charge in [0.1, 0.15) is 0 Å². The Bertz CT molecular complexity index is 597. The first-order chi connectivity index (χ1) is 17.2. The van der Waals surface area contributed by atoms with Crippen LogP contribution in [0.5, 0.6) is 0 Å². The topological polar surface area (TPSA) is 66.0 Å². The van der Waals surface area contributed by atoms with E-state index in [2.05, 4.69) is 48.2 Å². The normalized spacial score (nSPS) is 11.3. The summed E-state index contributed by atoms with van der Waals surface area (Å²) in [5.41, 5.74) is 0. The Labute approximate surface area is 221 Å². The number of hydrogen-bond donors (Lipinski definition) is 2. The molecule has 0 fully saturated rings. The number of hydrogen-bond acceptors (Lipinski definition) is 7. The molecule has 0 saturated carbocycles. The molecule has 0 aliphatic heterocycles. The first kappa shape index (κ1) is 31.9. The molecular formula is C28H56N6S. The zero-order chi connectivity index (χ0) is 25.4. The minimum atomic E-state index is 0.701. The first-order valence-corrected chi connectivity index (χ1v) is 15.8. The van der Waals surface area contributed by atoms with Gasteiger partial charge in [-0.2, -0.15) is 15.0 Å². The average Bonchev–Trinajstić information content (AvgIpc) is 2.87. The molecule has 0 unspecified atom stereocenters. The van der Waals surface area contributed by atoms with Gasteiger partial charge in [-0.05, 0) is 25.9 Å². The molecule has 35 heavy (non-hydrogen) atoms.